The van der Waals surface area contributed by atoms with Crippen LogP contribution in [-0.2, 0) is 34.5 Å². The molecule has 0 aliphatic heterocycles. The zero-order valence-electron chi connectivity index (χ0n) is 15.4. The van der Waals surface area contributed by atoms with Crippen LogP contribution in [0.4, 0.5) is 0 Å². The Morgan fingerprint density at radius 2 is 1.62 bits per heavy atom. The van der Waals surface area contributed by atoms with E-state index in [1.54, 1.807) is 52.0 Å². The molecule has 0 radical (unpaired) electrons. The maximum absolute atomic E-state index is 12.8. The third-order valence-electron chi connectivity index (χ3n) is 2.90. The highest BCUT2D eigenvalue weighted by Gasteiger charge is 2.36. The molecule has 0 aliphatic carbocycles. The molecule has 0 unspecified atom stereocenters. The molecule has 8 nitrogen and oxygen atoms in total. The van der Waals surface area contributed by atoms with Crippen LogP contribution in [0, 0.1) is 0 Å². The molecule has 0 amide bonds. The second-order valence-corrected chi connectivity index (χ2v) is 7.85. The minimum absolute atomic E-state index is 0.0299. The molecule has 146 valence electrons. The molecule has 9 heteroatoms. The van der Waals surface area contributed by atoms with Crippen molar-refractivity contribution >= 4 is 19.7 Å². The van der Waals surface area contributed by atoms with Gasteiger partial charge in [-0.25, -0.2) is 9.65 Å². The molecular formula is C17H26NO7P. The summed E-state index contributed by atoms with van der Waals surface area (Å²) in [6, 6.07) is 7.56. The van der Waals surface area contributed by atoms with Crippen molar-refractivity contribution in [3.8, 4) is 0 Å². The second kappa shape index (κ2) is 10.4. The van der Waals surface area contributed by atoms with Crippen LogP contribution in [0.15, 0.2) is 30.3 Å². The summed E-state index contributed by atoms with van der Waals surface area (Å²) in [5, 5.41) is 11.5. The molecule has 26 heavy (non-hydrogen) atoms. The van der Waals surface area contributed by atoms with Crippen LogP contribution in [0.3, 0.4) is 0 Å². The Bertz CT molecular complexity index is 619. The van der Waals surface area contributed by atoms with Crippen LogP contribution < -0.4 is 5.09 Å². The fourth-order valence-corrected chi connectivity index (χ4v) is 3.88. The zero-order chi connectivity index (χ0) is 19.7. The standard InChI is InChI=1S/C17H26NO7P/c1-12(2)24-26(22,25-13(3)4)18-15(10-16(19)20)17(21)23-11-14-8-6-5-7-9-14/h5-9,12-13,15H,10-11H2,1-4H3,(H,18,22)(H,19,20)/t15-/m0/s1. The van der Waals surface area contributed by atoms with E-state index in [0.717, 1.165) is 5.56 Å². The van der Waals surface area contributed by atoms with Crippen LogP contribution in [0.25, 0.3) is 0 Å². The second-order valence-electron chi connectivity index (χ2n) is 6.18. The van der Waals surface area contributed by atoms with E-state index in [1.807, 2.05) is 6.07 Å². The van der Waals surface area contributed by atoms with Crippen molar-refractivity contribution < 1.29 is 33.0 Å². The van der Waals surface area contributed by atoms with E-state index in [0.29, 0.717) is 0 Å². The summed E-state index contributed by atoms with van der Waals surface area (Å²) in [7, 11) is -3.91. The van der Waals surface area contributed by atoms with Gasteiger partial charge in [-0.3, -0.25) is 18.6 Å². The molecule has 0 aliphatic rings. The smallest absolute Gasteiger partial charge is 0.406 e. The van der Waals surface area contributed by atoms with Gasteiger partial charge < -0.3 is 9.84 Å². The van der Waals surface area contributed by atoms with Crippen LogP contribution in [0.2, 0.25) is 0 Å². The number of hydrogen-bond donors (Lipinski definition) is 2. The number of ether oxygens (including phenoxy) is 1. The lowest BCUT2D eigenvalue weighted by atomic mass is 10.2. The highest BCUT2D eigenvalue weighted by molar-refractivity contribution is 7.51. The molecule has 0 heterocycles. The summed E-state index contributed by atoms with van der Waals surface area (Å²) in [5.74, 6) is -2.10. The fourth-order valence-electron chi connectivity index (χ4n) is 2.02. The van der Waals surface area contributed by atoms with Crippen LogP contribution in [0.5, 0.6) is 0 Å². The number of esters is 1. The minimum atomic E-state index is -3.91. The maximum Gasteiger partial charge on any atom is 0.406 e. The molecule has 1 aromatic rings. The van der Waals surface area contributed by atoms with Crippen molar-refractivity contribution in [1.82, 2.24) is 5.09 Å². The Kier molecular flexibility index (Phi) is 8.95. The molecule has 0 saturated heterocycles. The largest absolute Gasteiger partial charge is 0.481 e. The predicted octanol–water partition coefficient (Wildman–Crippen LogP) is 3.12. The first kappa shape index (κ1) is 22.3. The number of carbonyl (C=O) groups is 2. The topological polar surface area (TPSA) is 111 Å². The predicted molar refractivity (Wildman–Crippen MR) is 95.5 cm³/mol. The normalized spacial score (nSPS) is 13.0. The highest BCUT2D eigenvalue weighted by atomic mass is 31.2. The van der Waals surface area contributed by atoms with Crippen LogP contribution >= 0.6 is 7.75 Å². The van der Waals surface area contributed by atoms with Gasteiger partial charge in [-0.15, -0.1) is 0 Å². The van der Waals surface area contributed by atoms with Gasteiger partial charge in [0.05, 0.1) is 18.6 Å². The summed E-state index contributed by atoms with van der Waals surface area (Å²) in [6.07, 6.45) is -1.55. The van der Waals surface area contributed by atoms with Crippen LogP contribution in [-0.4, -0.2) is 35.3 Å². The molecule has 1 aromatic carbocycles. The van der Waals surface area contributed by atoms with Crippen molar-refractivity contribution in [2.75, 3.05) is 0 Å². The first-order chi connectivity index (χ1) is 12.1. The number of benzene rings is 1. The number of carbonyl (C=O) groups excluding carboxylic acids is 1. The Balaban J connectivity index is 2.86. The Hall–Kier alpha value is -1.73. The first-order valence-electron chi connectivity index (χ1n) is 8.28. The van der Waals surface area contributed by atoms with Gasteiger partial charge in [0.25, 0.3) is 0 Å². The number of hydrogen-bond acceptors (Lipinski definition) is 6. The summed E-state index contributed by atoms with van der Waals surface area (Å²) in [6.45, 7) is 6.57. The quantitative estimate of drug-likeness (QED) is 0.440. The van der Waals surface area contributed by atoms with Gasteiger partial charge >= 0.3 is 19.7 Å². The third kappa shape index (κ3) is 8.58. The Labute approximate surface area is 153 Å². The van der Waals surface area contributed by atoms with Gasteiger partial charge in [-0.2, -0.15) is 0 Å². The highest BCUT2D eigenvalue weighted by Crippen LogP contribution is 2.47. The van der Waals surface area contributed by atoms with E-state index in [2.05, 4.69) is 5.09 Å². The molecule has 0 aromatic heterocycles. The fraction of sp³-hybridized carbons (Fsp3) is 0.529. The van der Waals surface area contributed by atoms with E-state index >= 15 is 0 Å². The number of carboxylic acids is 1. The van der Waals surface area contributed by atoms with Crippen LogP contribution in [0.1, 0.15) is 39.7 Å². The third-order valence-corrected chi connectivity index (χ3v) is 4.93. The SMILES string of the molecule is CC(C)OP(=O)(N[C@@H](CC(=O)O)C(=O)OCc1ccccc1)OC(C)C. The lowest BCUT2D eigenvalue weighted by Gasteiger charge is -2.26. The maximum atomic E-state index is 12.8. The van der Waals surface area contributed by atoms with Crippen molar-refractivity contribution in [2.45, 2.75) is 59.0 Å². The molecule has 0 bridgehead atoms. The van der Waals surface area contributed by atoms with E-state index in [-0.39, 0.29) is 6.61 Å². The number of nitrogens with one attached hydrogen (secondary N) is 1. The molecular weight excluding hydrogens is 361 g/mol. The van der Waals surface area contributed by atoms with E-state index in [1.165, 1.54) is 0 Å². The molecule has 0 spiro atoms. The lowest BCUT2D eigenvalue weighted by molar-refractivity contribution is -0.151. The number of rotatable bonds is 11. The van der Waals surface area contributed by atoms with E-state index in [9.17, 15) is 14.2 Å². The van der Waals surface area contributed by atoms with Gasteiger partial charge in [0.2, 0.25) is 0 Å². The summed E-state index contributed by atoms with van der Waals surface area (Å²) in [5.41, 5.74) is 0.745. The van der Waals surface area contributed by atoms with Crippen molar-refractivity contribution in [3.63, 3.8) is 0 Å². The average molecular weight is 387 g/mol. The molecule has 0 fully saturated rings. The minimum Gasteiger partial charge on any atom is -0.481 e. The Morgan fingerprint density at radius 3 is 2.08 bits per heavy atom. The van der Waals surface area contributed by atoms with Gasteiger partial charge in [0, 0.05) is 0 Å². The lowest BCUT2D eigenvalue weighted by Crippen LogP contribution is -2.39. The zero-order valence-corrected chi connectivity index (χ0v) is 16.3. The van der Waals surface area contributed by atoms with Crippen molar-refractivity contribution in [3.05, 3.63) is 35.9 Å². The van der Waals surface area contributed by atoms with Gasteiger partial charge in [-0.05, 0) is 33.3 Å². The monoisotopic (exact) mass is 387 g/mol. The molecule has 2 N–H and O–H groups in total. The number of carboxylic acid groups (broad SMARTS) is 1. The van der Waals surface area contributed by atoms with Crippen molar-refractivity contribution in [1.29, 1.82) is 0 Å². The molecule has 1 atom stereocenters. The van der Waals surface area contributed by atoms with E-state index in [4.69, 9.17) is 18.9 Å². The average Bonchev–Trinajstić information content (AvgIpc) is 2.50. The van der Waals surface area contributed by atoms with Gasteiger partial charge in [0.1, 0.15) is 12.6 Å². The molecule has 0 saturated carbocycles. The Morgan fingerprint density at radius 1 is 1.08 bits per heavy atom. The summed E-state index contributed by atoms with van der Waals surface area (Å²) >= 11 is 0. The van der Waals surface area contributed by atoms with Gasteiger partial charge in [-0.1, -0.05) is 30.3 Å². The number of aliphatic carboxylic acids is 1. The summed E-state index contributed by atoms with van der Waals surface area (Å²) < 4.78 is 28.6. The molecule has 1 rings (SSSR count). The van der Waals surface area contributed by atoms with Crippen molar-refractivity contribution in [2.24, 2.45) is 0 Å². The first-order valence-corrected chi connectivity index (χ1v) is 9.82. The van der Waals surface area contributed by atoms with E-state index < -0.39 is 44.4 Å². The van der Waals surface area contributed by atoms with Gasteiger partial charge in [0.15, 0.2) is 0 Å². The summed E-state index contributed by atoms with van der Waals surface area (Å²) in [4.78, 5) is 23.4.